The first-order valence-corrected chi connectivity index (χ1v) is 8.32. The Labute approximate surface area is 120 Å². The molecule has 2 saturated carbocycles. The summed E-state index contributed by atoms with van der Waals surface area (Å²) in [5.41, 5.74) is 0. The van der Waals surface area contributed by atoms with Crippen molar-refractivity contribution in [3.05, 3.63) is 11.9 Å². The molecule has 0 amide bonds. The van der Waals surface area contributed by atoms with Crippen LogP contribution in [0.5, 0.6) is 0 Å². The normalized spacial score (nSPS) is 34.8. The van der Waals surface area contributed by atoms with Gasteiger partial charge in [0.1, 0.15) is 0 Å². The van der Waals surface area contributed by atoms with Gasteiger partial charge in [0.15, 0.2) is 5.83 Å². The quantitative estimate of drug-likeness (QED) is 0.555. The maximum absolute atomic E-state index is 13.2. The van der Waals surface area contributed by atoms with Gasteiger partial charge < -0.3 is 0 Å². The minimum absolute atomic E-state index is 0.507. The Hall–Kier alpha value is -0.470. The van der Waals surface area contributed by atoms with Gasteiger partial charge in [-0.3, -0.25) is 0 Å². The molecule has 116 valence electrons. The molecular formula is C17H27F3. The lowest BCUT2D eigenvalue weighted by Gasteiger charge is -2.37. The van der Waals surface area contributed by atoms with E-state index in [0.717, 1.165) is 24.7 Å². The van der Waals surface area contributed by atoms with Gasteiger partial charge in [-0.25, -0.2) is 4.39 Å². The van der Waals surface area contributed by atoms with E-state index in [1.165, 1.54) is 38.5 Å². The van der Waals surface area contributed by atoms with E-state index >= 15 is 0 Å². The van der Waals surface area contributed by atoms with Gasteiger partial charge in [-0.2, -0.15) is 8.78 Å². The molecule has 0 saturated heterocycles. The number of hydrogen-bond donors (Lipinski definition) is 0. The van der Waals surface area contributed by atoms with Crippen molar-refractivity contribution in [2.24, 2.45) is 23.7 Å². The van der Waals surface area contributed by atoms with Gasteiger partial charge >= 0.3 is 6.08 Å². The van der Waals surface area contributed by atoms with Crippen LogP contribution in [0.25, 0.3) is 0 Å². The Morgan fingerprint density at radius 2 is 1.30 bits per heavy atom. The molecule has 2 fully saturated rings. The van der Waals surface area contributed by atoms with E-state index in [0.29, 0.717) is 18.8 Å². The molecule has 2 rings (SSSR count). The van der Waals surface area contributed by atoms with Crippen molar-refractivity contribution in [1.29, 1.82) is 0 Å². The number of allylic oxidation sites excluding steroid dienone is 1. The molecule has 0 N–H and O–H groups in total. The van der Waals surface area contributed by atoms with Crippen molar-refractivity contribution in [2.75, 3.05) is 0 Å². The van der Waals surface area contributed by atoms with Gasteiger partial charge in [-0.1, -0.05) is 32.6 Å². The van der Waals surface area contributed by atoms with Crippen LogP contribution >= 0.6 is 0 Å². The molecular weight excluding hydrogens is 261 g/mol. The summed E-state index contributed by atoms with van der Waals surface area (Å²) in [5, 5.41) is 0. The van der Waals surface area contributed by atoms with E-state index in [1.54, 1.807) is 0 Å². The Morgan fingerprint density at radius 1 is 0.800 bits per heavy atom. The number of hydrogen-bond acceptors (Lipinski definition) is 0. The van der Waals surface area contributed by atoms with Crippen molar-refractivity contribution in [3.8, 4) is 0 Å². The highest BCUT2D eigenvalue weighted by atomic mass is 19.3. The molecule has 0 aromatic carbocycles. The standard InChI is InChI=1S/C17H27F3/c1-2-3-12-4-6-13(7-5-12)14-8-10-15(11-9-14)16(18)17(19)20/h12-15H,2-11H2,1H3. The fourth-order valence-corrected chi connectivity index (χ4v) is 4.35. The lowest BCUT2D eigenvalue weighted by Crippen LogP contribution is -2.26. The lowest BCUT2D eigenvalue weighted by molar-refractivity contribution is 0.142. The van der Waals surface area contributed by atoms with Crippen molar-refractivity contribution in [2.45, 2.75) is 71.1 Å². The molecule has 0 aliphatic heterocycles. The molecule has 0 aromatic rings. The summed E-state index contributed by atoms with van der Waals surface area (Å²) >= 11 is 0. The molecule has 0 spiro atoms. The SMILES string of the molecule is CCCC1CCC(C2CCC(C(F)=C(F)F)CC2)CC1. The van der Waals surface area contributed by atoms with Crippen LogP contribution in [-0.2, 0) is 0 Å². The zero-order valence-electron chi connectivity index (χ0n) is 12.5. The molecule has 0 unspecified atom stereocenters. The summed E-state index contributed by atoms with van der Waals surface area (Å²) in [6.07, 6.45) is 8.91. The second-order valence-electron chi connectivity index (χ2n) is 6.79. The molecule has 0 nitrogen and oxygen atoms in total. The zero-order chi connectivity index (χ0) is 14.5. The van der Waals surface area contributed by atoms with Gasteiger partial charge in [-0.05, 0) is 56.3 Å². The van der Waals surface area contributed by atoms with Crippen LogP contribution < -0.4 is 0 Å². The second kappa shape index (κ2) is 7.51. The summed E-state index contributed by atoms with van der Waals surface area (Å²) in [4.78, 5) is 0. The minimum atomic E-state index is -2.10. The summed E-state index contributed by atoms with van der Waals surface area (Å²) in [6, 6.07) is 0. The fourth-order valence-electron chi connectivity index (χ4n) is 4.35. The van der Waals surface area contributed by atoms with E-state index < -0.39 is 17.8 Å². The molecule has 0 aromatic heterocycles. The first-order chi connectivity index (χ1) is 9.61. The maximum Gasteiger partial charge on any atom is 0.301 e. The van der Waals surface area contributed by atoms with E-state index in [9.17, 15) is 13.2 Å². The summed E-state index contributed by atoms with van der Waals surface area (Å²) < 4.78 is 37.8. The van der Waals surface area contributed by atoms with Crippen LogP contribution in [0.15, 0.2) is 11.9 Å². The van der Waals surface area contributed by atoms with Gasteiger partial charge in [0.05, 0.1) is 0 Å². The largest absolute Gasteiger partial charge is 0.301 e. The van der Waals surface area contributed by atoms with Crippen LogP contribution in [0, 0.1) is 23.7 Å². The van der Waals surface area contributed by atoms with E-state index in [-0.39, 0.29) is 0 Å². The maximum atomic E-state index is 13.2. The fraction of sp³-hybridized carbons (Fsp3) is 0.882. The van der Waals surface area contributed by atoms with Gasteiger partial charge in [0.2, 0.25) is 0 Å². The summed E-state index contributed by atoms with van der Waals surface area (Å²) in [7, 11) is 0. The first-order valence-electron chi connectivity index (χ1n) is 8.32. The average Bonchev–Trinajstić information content (AvgIpc) is 2.48. The third-order valence-electron chi connectivity index (χ3n) is 5.57. The Balaban J connectivity index is 1.76. The molecule has 2 aliphatic carbocycles. The van der Waals surface area contributed by atoms with Crippen LogP contribution in [0.3, 0.4) is 0 Å². The molecule has 3 heteroatoms. The monoisotopic (exact) mass is 288 g/mol. The van der Waals surface area contributed by atoms with Crippen molar-refractivity contribution >= 4 is 0 Å². The van der Waals surface area contributed by atoms with Crippen LogP contribution in [0.2, 0.25) is 0 Å². The number of rotatable bonds is 4. The zero-order valence-corrected chi connectivity index (χ0v) is 12.5. The Morgan fingerprint density at radius 3 is 1.75 bits per heavy atom. The smallest absolute Gasteiger partial charge is 0.206 e. The number of halogens is 3. The summed E-state index contributed by atoms with van der Waals surface area (Å²) in [6.45, 7) is 2.25. The first kappa shape index (κ1) is 15.9. The predicted octanol–water partition coefficient (Wildman–Crippen LogP) is 6.48. The van der Waals surface area contributed by atoms with Crippen molar-refractivity contribution in [1.82, 2.24) is 0 Å². The Bertz CT molecular complexity index is 317. The van der Waals surface area contributed by atoms with Gasteiger partial charge in [-0.15, -0.1) is 0 Å². The van der Waals surface area contributed by atoms with Gasteiger partial charge in [0.25, 0.3) is 0 Å². The van der Waals surface area contributed by atoms with E-state index in [4.69, 9.17) is 0 Å². The van der Waals surface area contributed by atoms with Crippen LogP contribution in [0.4, 0.5) is 13.2 Å². The summed E-state index contributed by atoms with van der Waals surface area (Å²) in [5.74, 6) is 0.687. The van der Waals surface area contributed by atoms with Crippen molar-refractivity contribution < 1.29 is 13.2 Å². The average molecular weight is 288 g/mol. The molecule has 20 heavy (non-hydrogen) atoms. The lowest BCUT2D eigenvalue weighted by atomic mass is 9.68. The van der Waals surface area contributed by atoms with Crippen LogP contribution in [-0.4, -0.2) is 0 Å². The second-order valence-corrected chi connectivity index (χ2v) is 6.79. The highest BCUT2D eigenvalue weighted by molar-refractivity contribution is 5.00. The molecule has 0 atom stereocenters. The van der Waals surface area contributed by atoms with E-state index in [2.05, 4.69) is 6.92 Å². The molecule has 2 aliphatic rings. The van der Waals surface area contributed by atoms with E-state index in [1.807, 2.05) is 0 Å². The van der Waals surface area contributed by atoms with Gasteiger partial charge in [0, 0.05) is 5.92 Å². The predicted molar refractivity (Wildman–Crippen MR) is 76.2 cm³/mol. The third kappa shape index (κ3) is 4.02. The van der Waals surface area contributed by atoms with Crippen molar-refractivity contribution in [3.63, 3.8) is 0 Å². The third-order valence-corrected chi connectivity index (χ3v) is 5.57. The highest BCUT2D eigenvalue weighted by Gasteiger charge is 2.32. The molecule has 0 bridgehead atoms. The molecule has 0 heterocycles. The topological polar surface area (TPSA) is 0 Å². The minimum Gasteiger partial charge on any atom is -0.206 e. The Kier molecular flexibility index (Phi) is 5.98. The van der Waals surface area contributed by atoms with Crippen LogP contribution in [0.1, 0.15) is 71.1 Å². The molecule has 0 radical (unpaired) electrons. The highest BCUT2D eigenvalue weighted by Crippen LogP contribution is 2.44.